The summed E-state index contributed by atoms with van der Waals surface area (Å²) >= 11 is 0. The monoisotopic (exact) mass is 335 g/mol. The fourth-order valence-corrected chi connectivity index (χ4v) is 3.79. The van der Waals surface area contributed by atoms with E-state index in [0.717, 1.165) is 35.9 Å². The number of benzene rings is 1. The molecule has 3 aliphatic rings. The number of fused-ring (bicyclic) bond motifs is 4. The predicted octanol–water partition coefficient (Wildman–Crippen LogP) is 1.20. The second-order valence-corrected chi connectivity index (χ2v) is 6.75. The Labute approximate surface area is 146 Å². The number of nitrogens with one attached hydrogen (secondary N) is 1. The molecule has 0 aliphatic carbocycles. The Balaban J connectivity index is 1.37. The zero-order valence-corrected chi connectivity index (χ0v) is 14.0. The molecule has 1 aromatic carbocycles. The first kappa shape index (κ1) is 14.8. The molecule has 7 nitrogen and oxygen atoms in total. The number of rotatable bonds is 4. The number of hydrogen-bond donors (Lipinski definition) is 1. The van der Waals surface area contributed by atoms with Crippen LogP contribution in [0.15, 0.2) is 42.5 Å². The fraction of sp³-hybridized carbons (Fsp3) is 0.389. The summed E-state index contributed by atoms with van der Waals surface area (Å²) in [7, 11) is 0. The Morgan fingerprint density at radius 1 is 0.960 bits per heavy atom. The van der Waals surface area contributed by atoms with Crippen molar-refractivity contribution in [3.05, 3.63) is 42.5 Å². The topological polar surface area (TPSA) is 61.6 Å². The van der Waals surface area contributed by atoms with Crippen LogP contribution in [0.25, 0.3) is 17.0 Å². The predicted molar refractivity (Wildman–Crippen MR) is 96.5 cm³/mol. The standard InChI is InChI=1S/C18H21N7/c1-2-4-14(5-3-1)18-21-20-17-7-6-16(22-25(17)18)19-12-15-13-23-8-10-24(15)11-9-23/h1-7,15H,8-13H2,(H,19,22). The van der Waals surface area contributed by atoms with Crippen molar-refractivity contribution >= 4 is 11.5 Å². The molecule has 3 saturated heterocycles. The Bertz CT molecular complexity index is 868. The van der Waals surface area contributed by atoms with Crippen molar-refractivity contribution in [1.29, 1.82) is 0 Å². The van der Waals surface area contributed by atoms with Crippen LogP contribution in [-0.4, -0.2) is 74.9 Å². The van der Waals surface area contributed by atoms with Gasteiger partial charge in [-0.05, 0) is 12.1 Å². The average Bonchev–Trinajstić information content (AvgIpc) is 3.11. The summed E-state index contributed by atoms with van der Waals surface area (Å²) in [5, 5.41) is 16.7. The minimum atomic E-state index is 0.564. The van der Waals surface area contributed by atoms with Gasteiger partial charge in [-0.3, -0.25) is 9.80 Å². The third-order valence-electron chi connectivity index (χ3n) is 5.21. The van der Waals surface area contributed by atoms with Crippen molar-refractivity contribution in [3.63, 3.8) is 0 Å². The molecule has 0 radical (unpaired) electrons. The quantitative estimate of drug-likeness (QED) is 0.773. The van der Waals surface area contributed by atoms with Crippen LogP contribution in [-0.2, 0) is 0 Å². The molecule has 3 aromatic rings. The van der Waals surface area contributed by atoms with E-state index in [2.05, 4.69) is 25.3 Å². The molecule has 1 N–H and O–H groups in total. The Hall–Kier alpha value is -2.51. The van der Waals surface area contributed by atoms with Gasteiger partial charge in [-0.1, -0.05) is 30.3 Å². The SMILES string of the molecule is c1ccc(-c2nnc3ccc(NCC4CN5CCN4CC5)nn23)cc1. The molecule has 3 fully saturated rings. The first-order chi connectivity index (χ1) is 12.4. The molecular weight excluding hydrogens is 314 g/mol. The molecule has 0 saturated carbocycles. The summed E-state index contributed by atoms with van der Waals surface area (Å²) < 4.78 is 1.81. The molecule has 0 amide bonds. The van der Waals surface area contributed by atoms with Gasteiger partial charge in [-0.15, -0.1) is 15.3 Å². The van der Waals surface area contributed by atoms with E-state index in [1.165, 1.54) is 26.2 Å². The van der Waals surface area contributed by atoms with Crippen LogP contribution in [0.2, 0.25) is 0 Å². The van der Waals surface area contributed by atoms with Crippen molar-refractivity contribution in [2.75, 3.05) is 44.6 Å². The van der Waals surface area contributed by atoms with Gasteiger partial charge in [-0.2, -0.15) is 4.52 Å². The Morgan fingerprint density at radius 2 is 1.80 bits per heavy atom. The third kappa shape index (κ3) is 2.75. The maximum atomic E-state index is 4.71. The van der Waals surface area contributed by atoms with Gasteiger partial charge in [0.25, 0.3) is 0 Å². The van der Waals surface area contributed by atoms with Crippen LogP contribution in [0.5, 0.6) is 0 Å². The minimum absolute atomic E-state index is 0.564. The number of hydrogen-bond acceptors (Lipinski definition) is 6. The lowest BCUT2D eigenvalue weighted by molar-refractivity contribution is 0.0189. The highest BCUT2D eigenvalue weighted by atomic mass is 15.4. The van der Waals surface area contributed by atoms with Crippen molar-refractivity contribution in [2.45, 2.75) is 6.04 Å². The number of anilines is 1. The molecular formula is C18H21N7. The van der Waals surface area contributed by atoms with Crippen molar-refractivity contribution in [3.8, 4) is 11.4 Å². The molecule has 1 atom stereocenters. The smallest absolute Gasteiger partial charge is 0.185 e. The van der Waals surface area contributed by atoms with Crippen LogP contribution in [0, 0.1) is 0 Å². The van der Waals surface area contributed by atoms with Crippen LogP contribution in [0.4, 0.5) is 5.82 Å². The highest BCUT2D eigenvalue weighted by molar-refractivity contribution is 5.59. The van der Waals surface area contributed by atoms with Gasteiger partial charge in [-0.25, -0.2) is 0 Å². The van der Waals surface area contributed by atoms with E-state index in [-0.39, 0.29) is 0 Å². The molecule has 7 heteroatoms. The molecule has 2 aromatic heterocycles. The highest BCUT2D eigenvalue weighted by Crippen LogP contribution is 2.19. The lowest BCUT2D eigenvalue weighted by Gasteiger charge is -2.47. The molecule has 5 heterocycles. The fourth-order valence-electron chi connectivity index (χ4n) is 3.79. The van der Waals surface area contributed by atoms with E-state index in [4.69, 9.17) is 5.10 Å². The van der Waals surface area contributed by atoms with Gasteiger partial charge in [0, 0.05) is 50.9 Å². The minimum Gasteiger partial charge on any atom is -0.367 e. The van der Waals surface area contributed by atoms with E-state index in [9.17, 15) is 0 Å². The number of nitrogens with zero attached hydrogens (tertiary/aromatic N) is 6. The summed E-state index contributed by atoms with van der Waals surface area (Å²) in [6.45, 7) is 6.85. The molecule has 128 valence electrons. The number of piperazine rings is 3. The Morgan fingerprint density at radius 3 is 2.56 bits per heavy atom. The van der Waals surface area contributed by atoms with E-state index >= 15 is 0 Å². The van der Waals surface area contributed by atoms with Crippen LogP contribution < -0.4 is 5.32 Å². The zero-order chi connectivity index (χ0) is 16.6. The summed E-state index contributed by atoms with van der Waals surface area (Å²) in [6, 6.07) is 14.6. The van der Waals surface area contributed by atoms with E-state index in [0.29, 0.717) is 6.04 Å². The summed E-state index contributed by atoms with van der Waals surface area (Å²) in [5.74, 6) is 1.63. The molecule has 0 spiro atoms. The van der Waals surface area contributed by atoms with Crippen LogP contribution in [0.1, 0.15) is 0 Å². The normalized spacial score (nSPS) is 25.4. The van der Waals surface area contributed by atoms with Gasteiger partial charge in [0.05, 0.1) is 0 Å². The molecule has 1 unspecified atom stereocenters. The Kier molecular flexibility index (Phi) is 3.61. The first-order valence-electron chi connectivity index (χ1n) is 8.85. The van der Waals surface area contributed by atoms with E-state index in [1.807, 2.05) is 47.0 Å². The summed E-state index contributed by atoms with van der Waals surface area (Å²) in [5.41, 5.74) is 1.78. The van der Waals surface area contributed by atoms with Crippen molar-refractivity contribution < 1.29 is 0 Å². The highest BCUT2D eigenvalue weighted by Gasteiger charge is 2.31. The second kappa shape index (κ2) is 6.09. The lowest BCUT2D eigenvalue weighted by Crippen LogP contribution is -2.62. The summed E-state index contributed by atoms with van der Waals surface area (Å²) in [4.78, 5) is 5.13. The summed E-state index contributed by atoms with van der Waals surface area (Å²) in [6.07, 6.45) is 0. The average molecular weight is 335 g/mol. The van der Waals surface area contributed by atoms with Gasteiger partial charge >= 0.3 is 0 Å². The van der Waals surface area contributed by atoms with Gasteiger partial charge in [0.15, 0.2) is 11.5 Å². The largest absolute Gasteiger partial charge is 0.367 e. The van der Waals surface area contributed by atoms with Gasteiger partial charge in [0.1, 0.15) is 5.82 Å². The van der Waals surface area contributed by atoms with E-state index < -0.39 is 0 Å². The van der Waals surface area contributed by atoms with Gasteiger partial charge in [0.2, 0.25) is 0 Å². The molecule has 25 heavy (non-hydrogen) atoms. The third-order valence-corrected chi connectivity index (χ3v) is 5.21. The maximum absolute atomic E-state index is 4.71. The zero-order valence-electron chi connectivity index (χ0n) is 14.0. The van der Waals surface area contributed by atoms with Crippen molar-refractivity contribution in [1.82, 2.24) is 29.6 Å². The molecule has 3 aliphatic heterocycles. The first-order valence-corrected chi connectivity index (χ1v) is 8.85. The van der Waals surface area contributed by atoms with Crippen LogP contribution >= 0.6 is 0 Å². The maximum Gasteiger partial charge on any atom is 0.185 e. The molecule has 2 bridgehead atoms. The van der Waals surface area contributed by atoms with E-state index in [1.54, 1.807) is 0 Å². The van der Waals surface area contributed by atoms with Gasteiger partial charge < -0.3 is 5.32 Å². The number of aromatic nitrogens is 4. The lowest BCUT2D eigenvalue weighted by atomic mass is 10.1. The van der Waals surface area contributed by atoms with Crippen LogP contribution in [0.3, 0.4) is 0 Å². The molecule has 6 rings (SSSR count). The van der Waals surface area contributed by atoms with Crippen molar-refractivity contribution in [2.24, 2.45) is 0 Å². The second-order valence-electron chi connectivity index (χ2n) is 6.75.